The first-order valence-electron chi connectivity index (χ1n) is 3.50. The molecule has 1 aliphatic rings. The molecule has 0 spiro atoms. The van der Waals surface area contributed by atoms with Gasteiger partial charge in [0.15, 0.2) is 0 Å². The Balaban J connectivity index is 2.32. The van der Waals surface area contributed by atoms with Gasteiger partial charge >= 0.3 is 0 Å². The minimum absolute atomic E-state index is 0.161. The number of rotatable bonds is 2. The minimum atomic E-state index is -0.161. The Morgan fingerprint density at radius 1 is 1.60 bits per heavy atom. The second-order valence-corrected chi connectivity index (χ2v) is 2.46. The predicted molar refractivity (Wildman–Crippen MR) is 35.3 cm³/mol. The zero-order chi connectivity index (χ0) is 7.40. The van der Waals surface area contributed by atoms with Crippen LogP contribution in [0.3, 0.4) is 0 Å². The number of nitrogens with zero attached hydrogens (tertiary/aromatic N) is 1. The summed E-state index contributed by atoms with van der Waals surface area (Å²) in [6, 6.07) is 0. The normalized spacial score (nSPS) is 27.9. The standard InChI is InChI=1S/C6H12N2O2/c9-5-7-6-3-1-2-4-8(6)10/h5-6,10H,1-4H2,(H,7,9). The lowest BCUT2D eigenvalue weighted by Gasteiger charge is -2.29. The van der Waals surface area contributed by atoms with Crippen molar-refractivity contribution in [3.63, 3.8) is 0 Å². The van der Waals surface area contributed by atoms with E-state index < -0.39 is 0 Å². The van der Waals surface area contributed by atoms with Gasteiger partial charge < -0.3 is 10.5 Å². The maximum absolute atomic E-state index is 9.97. The van der Waals surface area contributed by atoms with Crippen molar-refractivity contribution in [3.8, 4) is 0 Å². The Morgan fingerprint density at radius 2 is 2.40 bits per heavy atom. The molecule has 0 radical (unpaired) electrons. The molecule has 1 rings (SSSR count). The quantitative estimate of drug-likeness (QED) is 0.533. The van der Waals surface area contributed by atoms with Crippen molar-refractivity contribution in [1.82, 2.24) is 10.4 Å². The maximum Gasteiger partial charge on any atom is 0.208 e. The summed E-state index contributed by atoms with van der Waals surface area (Å²) in [7, 11) is 0. The van der Waals surface area contributed by atoms with Crippen LogP contribution in [0.5, 0.6) is 0 Å². The summed E-state index contributed by atoms with van der Waals surface area (Å²) in [5.41, 5.74) is 0. The SMILES string of the molecule is O=CNC1CCCCN1O. The maximum atomic E-state index is 9.97. The molecule has 1 unspecified atom stereocenters. The van der Waals surface area contributed by atoms with E-state index in [4.69, 9.17) is 5.21 Å². The van der Waals surface area contributed by atoms with Crippen LogP contribution in [-0.2, 0) is 4.79 Å². The van der Waals surface area contributed by atoms with Crippen LogP contribution in [0.15, 0.2) is 0 Å². The molecule has 0 aromatic carbocycles. The third kappa shape index (κ3) is 1.68. The van der Waals surface area contributed by atoms with Gasteiger partial charge in [0.2, 0.25) is 6.41 Å². The summed E-state index contributed by atoms with van der Waals surface area (Å²) in [6.07, 6.45) is 3.39. The van der Waals surface area contributed by atoms with Crippen LogP contribution in [-0.4, -0.2) is 29.4 Å². The van der Waals surface area contributed by atoms with Crippen molar-refractivity contribution >= 4 is 6.41 Å². The van der Waals surface area contributed by atoms with Gasteiger partial charge in [-0.05, 0) is 19.3 Å². The second-order valence-electron chi connectivity index (χ2n) is 2.46. The van der Waals surface area contributed by atoms with Gasteiger partial charge in [-0.15, -0.1) is 0 Å². The van der Waals surface area contributed by atoms with Crippen LogP contribution in [0.4, 0.5) is 0 Å². The Hall–Kier alpha value is -0.610. The molecule has 10 heavy (non-hydrogen) atoms. The van der Waals surface area contributed by atoms with Crippen molar-refractivity contribution in [2.45, 2.75) is 25.4 Å². The zero-order valence-electron chi connectivity index (χ0n) is 5.79. The van der Waals surface area contributed by atoms with E-state index in [1.54, 1.807) is 0 Å². The fourth-order valence-corrected chi connectivity index (χ4v) is 1.16. The van der Waals surface area contributed by atoms with E-state index >= 15 is 0 Å². The summed E-state index contributed by atoms with van der Waals surface area (Å²) in [5, 5.41) is 12.8. The van der Waals surface area contributed by atoms with E-state index in [1.807, 2.05) is 0 Å². The Bertz CT molecular complexity index is 118. The Kier molecular flexibility index (Phi) is 2.65. The minimum Gasteiger partial charge on any atom is -0.341 e. The highest BCUT2D eigenvalue weighted by molar-refractivity contribution is 5.46. The largest absolute Gasteiger partial charge is 0.341 e. The molecule has 1 amide bonds. The summed E-state index contributed by atoms with van der Waals surface area (Å²) < 4.78 is 0. The third-order valence-electron chi connectivity index (χ3n) is 1.73. The highest BCUT2D eigenvalue weighted by atomic mass is 16.5. The van der Waals surface area contributed by atoms with Gasteiger partial charge in [-0.25, -0.2) is 0 Å². The first kappa shape index (κ1) is 7.50. The molecule has 1 fully saturated rings. The molecular weight excluding hydrogens is 132 g/mol. The number of hydroxylamine groups is 2. The van der Waals surface area contributed by atoms with E-state index in [9.17, 15) is 4.79 Å². The van der Waals surface area contributed by atoms with Gasteiger partial charge in [-0.2, -0.15) is 5.06 Å². The van der Waals surface area contributed by atoms with Crippen LogP contribution in [0.2, 0.25) is 0 Å². The average molecular weight is 144 g/mol. The number of carbonyl (C=O) groups excluding carboxylic acids is 1. The zero-order valence-corrected chi connectivity index (χ0v) is 5.79. The fraction of sp³-hybridized carbons (Fsp3) is 0.833. The third-order valence-corrected chi connectivity index (χ3v) is 1.73. The summed E-state index contributed by atoms with van der Waals surface area (Å²) in [4.78, 5) is 9.97. The number of nitrogens with one attached hydrogen (secondary N) is 1. The lowest BCUT2D eigenvalue weighted by Crippen LogP contribution is -2.46. The number of hydrogen-bond acceptors (Lipinski definition) is 3. The van der Waals surface area contributed by atoms with E-state index in [2.05, 4.69) is 5.32 Å². The Morgan fingerprint density at radius 3 is 3.00 bits per heavy atom. The molecule has 0 aromatic heterocycles. The molecule has 1 heterocycles. The van der Waals surface area contributed by atoms with Gasteiger partial charge in [0, 0.05) is 6.54 Å². The molecule has 0 aromatic rings. The van der Waals surface area contributed by atoms with E-state index in [0.717, 1.165) is 19.3 Å². The van der Waals surface area contributed by atoms with Crippen molar-refractivity contribution in [3.05, 3.63) is 0 Å². The highest BCUT2D eigenvalue weighted by Gasteiger charge is 2.18. The topological polar surface area (TPSA) is 52.6 Å². The molecule has 2 N–H and O–H groups in total. The number of piperidine rings is 1. The Labute approximate surface area is 59.8 Å². The van der Waals surface area contributed by atoms with E-state index in [-0.39, 0.29) is 6.17 Å². The molecule has 1 saturated heterocycles. The van der Waals surface area contributed by atoms with Gasteiger partial charge in [0.25, 0.3) is 0 Å². The molecule has 1 atom stereocenters. The molecule has 1 aliphatic heterocycles. The predicted octanol–water partition coefficient (Wildman–Crippen LogP) is -0.0664. The molecule has 0 aliphatic carbocycles. The van der Waals surface area contributed by atoms with Crippen molar-refractivity contribution in [2.75, 3.05) is 6.54 Å². The van der Waals surface area contributed by atoms with Crippen molar-refractivity contribution in [2.24, 2.45) is 0 Å². The molecule has 0 bridgehead atoms. The first-order chi connectivity index (χ1) is 4.84. The van der Waals surface area contributed by atoms with Gasteiger partial charge in [-0.3, -0.25) is 4.79 Å². The van der Waals surface area contributed by atoms with Crippen LogP contribution in [0.1, 0.15) is 19.3 Å². The first-order valence-corrected chi connectivity index (χ1v) is 3.50. The number of hydrogen-bond donors (Lipinski definition) is 2. The highest BCUT2D eigenvalue weighted by Crippen LogP contribution is 2.11. The number of amides is 1. The lowest BCUT2D eigenvalue weighted by molar-refractivity contribution is -0.154. The lowest BCUT2D eigenvalue weighted by atomic mass is 10.1. The molecular formula is C6H12N2O2. The van der Waals surface area contributed by atoms with Crippen molar-refractivity contribution < 1.29 is 10.0 Å². The van der Waals surface area contributed by atoms with Crippen LogP contribution < -0.4 is 5.32 Å². The monoisotopic (exact) mass is 144 g/mol. The fourth-order valence-electron chi connectivity index (χ4n) is 1.16. The summed E-state index contributed by atoms with van der Waals surface area (Å²) in [6.45, 7) is 0.658. The molecule has 4 heteroatoms. The van der Waals surface area contributed by atoms with E-state index in [0.29, 0.717) is 13.0 Å². The van der Waals surface area contributed by atoms with Crippen LogP contribution in [0.25, 0.3) is 0 Å². The summed E-state index contributed by atoms with van der Waals surface area (Å²) >= 11 is 0. The van der Waals surface area contributed by atoms with Crippen LogP contribution in [0, 0.1) is 0 Å². The summed E-state index contributed by atoms with van der Waals surface area (Å²) in [5.74, 6) is 0. The van der Waals surface area contributed by atoms with Crippen LogP contribution >= 0.6 is 0 Å². The molecule has 4 nitrogen and oxygen atoms in total. The molecule has 0 saturated carbocycles. The average Bonchev–Trinajstić information content (AvgIpc) is 1.94. The number of carbonyl (C=O) groups is 1. The second kappa shape index (κ2) is 3.53. The van der Waals surface area contributed by atoms with Gasteiger partial charge in [0.1, 0.15) is 6.17 Å². The molecule has 58 valence electrons. The smallest absolute Gasteiger partial charge is 0.208 e. The van der Waals surface area contributed by atoms with Crippen molar-refractivity contribution in [1.29, 1.82) is 0 Å². The van der Waals surface area contributed by atoms with Gasteiger partial charge in [-0.1, -0.05) is 0 Å². The van der Waals surface area contributed by atoms with Gasteiger partial charge in [0.05, 0.1) is 0 Å². The van der Waals surface area contributed by atoms with E-state index in [1.165, 1.54) is 5.06 Å².